The molecule has 0 radical (unpaired) electrons. The lowest BCUT2D eigenvalue weighted by Gasteiger charge is -2.25. The average molecular weight is 297 g/mol. The number of hydrogen-bond acceptors (Lipinski definition) is 2. The van der Waals surface area contributed by atoms with Gasteiger partial charge in [-0.25, -0.2) is 0 Å². The van der Waals surface area contributed by atoms with E-state index in [1.54, 1.807) is 4.90 Å². The molecule has 1 aromatic carbocycles. The molecule has 1 fully saturated rings. The smallest absolute Gasteiger partial charge is 0.242 e. The van der Waals surface area contributed by atoms with Crippen molar-refractivity contribution in [3.05, 3.63) is 35.0 Å². The highest BCUT2D eigenvalue weighted by Gasteiger charge is 2.35. The first-order chi connectivity index (χ1) is 10.5. The number of hydrogen-bond donors (Lipinski definition) is 0. The zero-order chi connectivity index (χ0) is 15.4. The summed E-state index contributed by atoms with van der Waals surface area (Å²) in [7, 11) is 3.66. The van der Waals surface area contributed by atoms with Gasteiger partial charge in [0, 0.05) is 49.7 Å². The van der Waals surface area contributed by atoms with Crippen molar-refractivity contribution in [2.75, 3.05) is 27.2 Å². The van der Waals surface area contributed by atoms with Crippen LogP contribution in [0.2, 0.25) is 0 Å². The molecule has 2 unspecified atom stereocenters. The van der Waals surface area contributed by atoms with Crippen LogP contribution < -0.4 is 0 Å². The largest absolute Gasteiger partial charge is 0.347 e. The molecule has 1 amide bonds. The minimum absolute atomic E-state index is 0.160. The van der Waals surface area contributed by atoms with Gasteiger partial charge in [-0.05, 0) is 37.6 Å². The Bertz CT molecular complexity index is 759. The molecule has 4 heteroatoms. The van der Waals surface area contributed by atoms with E-state index in [9.17, 15) is 4.79 Å². The van der Waals surface area contributed by atoms with E-state index < -0.39 is 0 Å². The second-order valence-electron chi connectivity index (χ2n) is 6.98. The quantitative estimate of drug-likeness (QED) is 0.851. The van der Waals surface area contributed by atoms with E-state index in [0.29, 0.717) is 12.5 Å². The van der Waals surface area contributed by atoms with Gasteiger partial charge in [0.2, 0.25) is 5.91 Å². The molecule has 22 heavy (non-hydrogen) atoms. The van der Waals surface area contributed by atoms with Crippen molar-refractivity contribution in [1.82, 2.24) is 14.4 Å². The molecule has 4 nitrogen and oxygen atoms in total. The van der Waals surface area contributed by atoms with Gasteiger partial charge in [-0.3, -0.25) is 9.69 Å². The van der Waals surface area contributed by atoms with E-state index in [1.165, 1.54) is 47.2 Å². The van der Waals surface area contributed by atoms with Gasteiger partial charge in [-0.15, -0.1) is 0 Å². The van der Waals surface area contributed by atoms with Crippen molar-refractivity contribution in [3.8, 4) is 0 Å². The summed E-state index contributed by atoms with van der Waals surface area (Å²) >= 11 is 0. The number of carbonyl (C=O) groups is 1. The van der Waals surface area contributed by atoms with Crippen LogP contribution in [0.15, 0.2) is 18.2 Å². The van der Waals surface area contributed by atoms with E-state index >= 15 is 0 Å². The summed E-state index contributed by atoms with van der Waals surface area (Å²) < 4.78 is 2.26. The Balaban J connectivity index is 1.92. The van der Waals surface area contributed by atoms with E-state index in [-0.39, 0.29) is 5.91 Å². The molecule has 1 aromatic heterocycles. The summed E-state index contributed by atoms with van der Waals surface area (Å²) in [5, 5.41) is 1.37. The fourth-order valence-corrected chi connectivity index (χ4v) is 4.05. The number of fused-ring (bicyclic) bond motifs is 6. The average Bonchev–Trinajstić information content (AvgIpc) is 2.99. The topological polar surface area (TPSA) is 28.5 Å². The van der Waals surface area contributed by atoms with Gasteiger partial charge in [0.1, 0.15) is 6.54 Å². The number of aromatic nitrogens is 1. The second-order valence-corrected chi connectivity index (χ2v) is 6.98. The maximum Gasteiger partial charge on any atom is 0.242 e. The number of amides is 1. The molecule has 116 valence electrons. The van der Waals surface area contributed by atoms with Crippen LogP contribution in [0.3, 0.4) is 0 Å². The van der Waals surface area contributed by atoms with Crippen molar-refractivity contribution in [2.45, 2.75) is 32.4 Å². The Hall–Kier alpha value is -1.81. The second kappa shape index (κ2) is 4.85. The lowest BCUT2D eigenvalue weighted by Crippen LogP contribution is -2.30. The summed E-state index contributed by atoms with van der Waals surface area (Å²) in [6, 6.07) is 6.65. The highest BCUT2D eigenvalue weighted by molar-refractivity contribution is 5.89. The molecular formula is C18H23N3O. The number of rotatable bonds is 2. The highest BCUT2D eigenvalue weighted by Crippen LogP contribution is 2.42. The van der Waals surface area contributed by atoms with Crippen molar-refractivity contribution < 1.29 is 4.79 Å². The molecule has 1 saturated heterocycles. The van der Waals surface area contributed by atoms with Crippen LogP contribution in [-0.2, 0) is 17.9 Å². The SMILES string of the molecule is Cc1ccc2c(c1)c1c(n2CC(=O)N(C)C)CN2CCC1C2. The number of aryl methyl sites for hydroxylation is 1. The minimum atomic E-state index is 0.160. The predicted octanol–water partition coefficient (Wildman–Crippen LogP) is 2.34. The Morgan fingerprint density at radius 2 is 2.18 bits per heavy atom. The van der Waals surface area contributed by atoms with Crippen LogP contribution in [0, 0.1) is 6.92 Å². The maximum absolute atomic E-state index is 12.3. The number of benzene rings is 1. The molecule has 2 aromatic rings. The predicted molar refractivity (Wildman–Crippen MR) is 88.0 cm³/mol. The van der Waals surface area contributed by atoms with Crippen molar-refractivity contribution in [1.29, 1.82) is 0 Å². The summed E-state index contributed by atoms with van der Waals surface area (Å²) in [6.45, 7) is 5.95. The van der Waals surface area contributed by atoms with Gasteiger partial charge in [0.25, 0.3) is 0 Å². The van der Waals surface area contributed by atoms with Crippen LogP contribution >= 0.6 is 0 Å². The molecule has 2 aliphatic rings. The lowest BCUT2D eigenvalue weighted by molar-refractivity contribution is -0.129. The third-order valence-corrected chi connectivity index (χ3v) is 5.22. The summed E-state index contributed by atoms with van der Waals surface area (Å²) in [6.07, 6.45) is 1.25. The minimum Gasteiger partial charge on any atom is -0.347 e. The normalized spacial score (nSPS) is 22.9. The number of carbonyl (C=O) groups excluding carboxylic acids is 1. The van der Waals surface area contributed by atoms with Crippen molar-refractivity contribution in [2.24, 2.45) is 0 Å². The van der Waals surface area contributed by atoms with Gasteiger partial charge in [0.05, 0.1) is 0 Å². The van der Waals surface area contributed by atoms with Gasteiger partial charge < -0.3 is 9.47 Å². The zero-order valence-corrected chi connectivity index (χ0v) is 13.6. The first-order valence-corrected chi connectivity index (χ1v) is 8.08. The summed E-state index contributed by atoms with van der Waals surface area (Å²) in [5.41, 5.74) is 5.40. The maximum atomic E-state index is 12.3. The molecule has 2 atom stereocenters. The monoisotopic (exact) mass is 297 g/mol. The fourth-order valence-electron chi connectivity index (χ4n) is 4.05. The number of likely N-dealkylation sites (N-methyl/N-ethyl adjacent to an activating group) is 1. The molecule has 2 bridgehead atoms. The van der Waals surface area contributed by atoms with Gasteiger partial charge in [-0.2, -0.15) is 0 Å². The third-order valence-electron chi connectivity index (χ3n) is 5.22. The number of nitrogens with zero attached hydrogens (tertiary/aromatic N) is 3. The molecule has 0 N–H and O–H groups in total. The molecular weight excluding hydrogens is 274 g/mol. The van der Waals surface area contributed by atoms with Gasteiger partial charge >= 0.3 is 0 Å². The van der Waals surface area contributed by atoms with Crippen LogP contribution in [0.25, 0.3) is 10.9 Å². The van der Waals surface area contributed by atoms with E-state index in [0.717, 1.165) is 6.54 Å². The molecule has 0 aliphatic carbocycles. The fraction of sp³-hybridized carbons (Fsp3) is 0.500. The third kappa shape index (κ3) is 1.97. The summed E-state index contributed by atoms with van der Waals surface area (Å²) in [4.78, 5) is 16.5. The van der Waals surface area contributed by atoms with Crippen molar-refractivity contribution >= 4 is 16.8 Å². The molecule has 4 rings (SSSR count). The van der Waals surface area contributed by atoms with Crippen LogP contribution in [0.1, 0.15) is 29.2 Å². The molecule has 3 heterocycles. The van der Waals surface area contributed by atoms with Crippen LogP contribution in [-0.4, -0.2) is 47.5 Å². The molecule has 0 spiro atoms. The zero-order valence-electron chi connectivity index (χ0n) is 13.6. The van der Waals surface area contributed by atoms with Crippen molar-refractivity contribution in [3.63, 3.8) is 0 Å². The molecule has 0 saturated carbocycles. The molecule has 2 aliphatic heterocycles. The Kier molecular flexibility index (Phi) is 3.05. The van der Waals surface area contributed by atoms with Crippen LogP contribution in [0.5, 0.6) is 0 Å². The Morgan fingerprint density at radius 1 is 1.36 bits per heavy atom. The van der Waals surface area contributed by atoms with E-state index in [1.807, 2.05) is 14.1 Å². The highest BCUT2D eigenvalue weighted by atomic mass is 16.2. The van der Waals surface area contributed by atoms with E-state index in [4.69, 9.17) is 0 Å². The Labute approximate surface area is 131 Å². The first kappa shape index (κ1) is 13.8. The standard InChI is InChI=1S/C18H23N3O/c1-12-4-5-15-14(8-12)18-13-6-7-20(9-13)10-16(18)21(15)11-17(22)19(2)3/h4-5,8,13H,6-7,9-11H2,1-3H3. The first-order valence-electron chi connectivity index (χ1n) is 8.08. The van der Waals surface area contributed by atoms with Crippen LogP contribution in [0.4, 0.5) is 0 Å². The summed E-state index contributed by atoms with van der Waals surface area (Å²) in [5.74, 6) is 0.803. The van der Waals surface area contributed by atoms with Gasteiger partial charge in [0.15, 0.2) is 0 Å². The lowest BCUT2D eigenvalue weighted by atomic mass is 9.93. The Morgan fingerprint density at radius 3 is 2.95 bits per heavy atom. The van der Waals surface area contributed by atoms with Gasteiger partial charge in [-0.1, -0.05) is 11.6 Å². The van der Waals surface area contributed by atoms with E-state index in [2.05, 4.69) is 34.6 Å².